The third-order valence-electron chi connectivity index (χ3n) is 1.85. The van der Waals surface area contributed by atoms with E-state index in [0.717, 1.165) is 6.26 Å². The zero-order valence-corrected chi connectivity index (χ0v) is 9.95. The second-order valence-electron chi connectivity index (χ2n) is 4.06. The fourth-order valence-electron chi connectivity index (χ4n) is 1.35. The molecule has 0 spiro atoms. The standard InChI is InChI=1S/C10H14O5S/c1-7(2)5-16(13,14)6-9-3-8(4-15-9)10(11)12/h3-4,7H,5-6H2,1-2H3,(H,11,12). The molecule has 0 fully saturated rings. The summed E-state index contributed by atoms with van der Waals surface area (Å²) < 4.78 is 28.0. The predicted octanol–water partition coefficient (Wildman–Crippen LogP) is 1.55. The molecule has 1 aromatic heterocycles. The van der Waals surface area contributed by atoms with Crippen LogP contribution in [0.1, 0.15) is 30.0 Å². The van der Waals surface area contributed by atoms with Crippen molar-refractivity contribution in [1.82, 2.24) is 0 Å². The van der Waals surface area contributed by atoms with Gasteiger partial charge >= 0.3 is 5.97 Å². The molecule has 0 aliphatic carbocycles. The molecule has 0 aliphatic heterocycles. The highest BCUT2D eigenvalue weighted by Crippen LogP contribution is 2.13. The molecule has 1 heterocycles. The summed E-state index contributed by atoms with van der Waals surface area (Å²) in [4.78, 5) is 10.5. The number of carboxylic acids is 1. The first-order chi connectivity index (χ1) is 7.30. The molecule has 0 aliphatic rings. The van der Waals surface area contributed by atoms with Crippen LogP contribution in [0.4, 0.5) is 0 Å². The first-order valence-electron chi connectivity index (χ1n) is 4.81. The Labute approximate surface area is 94.0 Å². The van der Waals surface area contributed by atoms with Gasteiger partial charge in [-0.05, 0) is 12.0 Å². The summed E-state index contributed by atoms with van der Waals surface area (Å²) in [5, 5.41) is 8.63. The van der Waals surface area contributed by atoms with Crippen molar-refractivity contribution in [3.8, 4) is 0 Å². The van der Waals surface area contributed by atoms with Crippen LogP contribution in [0.2, 0.25) is 0 Å². The van der Waals surface area contributed by atoms with Crippen LogP contribution >= 0.6 is 0 Å². The first-order valence-corrected chi connectivity index (χ1v) is 6.63. The molecule has 6 heteroatoms. The Hall–Kier alpha value is -1.30. The zero-order chi connectivity index (χ0) is 12.3. The Morgan fingerprint density at radius 2 is 2.12 bits per heavy atom. The monoisotopic (exact) mass is 246 g/mol. The summed E-state index contributed by atoms with van der Waals surface area (Å²) in [6.45, 7) is 3.62. The Morgan fingerprint density at radius 1 is 1.50 bits per heavy atom. The Kier molecular flexibility index (Phi) is 3.74. The largest absolute Gasteiger partial charge is 0.478 e. The molecular weight excluding hydrogens is 232 g/mol. The van der Waals surface area contributed by atoms with Crippen molar-refractivity contribution >= 4 is 15.8 Å². The third kappa shape index (κ3) is 3.69. The second-order valence-corrected chi connectivity index (χ2v) is 6.16. The van der Waals surface area contributed by atoms with Crippen LogP contribution < -0.4 is 0 Å². The number of furan rings is 1. The molecule has 0 atom stereocenters. The summed E-state index contributed by atoms with van der Waals surface area (Å²) in [6.07, 6.45) is 1.04. The van der Waals surface area contributed by atoms with Gasteiger partial charge in [-0.1, -0.05) is 13.8 Å². The van der Waals surface area contributed by atoms with Gasteiger partial charge < -0.3 is 9.52 Å². The maximum Gasteiger partial charge on any atom is 0.338 e. The molecular formula is C10H14O5S. The number of carbonyl (C=O) groups is 1. The van der Waals surface area contributed by atoms with Crippen LogP contribution in [0.25, 0.3) is 0 Å². The van der Waals surface area contributed by atoms with Crippen molar-refractivity contribution in [2.75, 3.05) is 5.75 Å². The van der Waals surface area contributed by atoms with Crippen LogP contribution in [-0.2, 0) is 15.6 Å². The van der Waals surface area contributed by atoms with Crippen LogP contribution in [-0.4, -0.2) is 25.2 Å². The van der Waals surface area contributed by atoms with Gasteiger partial charge in [0.2, 0.25) is 0 Å². The van der Waals surface area contributed by atoms with E-state index < -0.39 is 15.8 Å². The molecule has 0 amide bonds. The topological polar surface area (TPSA) is 84.6 Å². The maximum atomic E-state index is 11.6. The average Bonchev–Trinajstić information content (AvgIpc) is 2.48. The van der Waals surface area contributed by atoms with Crippen molar-refractivity contribution in [3.63, 3.8) is 0 Å². The summed E-state index contributed by atoms with van der Waals surface area (Å²) >= 11 is 0. The van der Waals surface area contributed by atoms with Crippen molar-refractivity contribution in [2.45, 2.75) is 19.6 Å². The lowest BCUT2D eigenvalue weighted by Gasteiger charge is -2.04. The van der Waals surface area contributed by atoms with E-state index in [2.05, 4.69) is 0 Å². The summed E-state index contributed by atoms with van der Waals surface area (Å²) in [5.74, 6) is -1.11. The van der Waals surface area contributed by atoms with E-state index in [1.807, 2.05) is 13.8 Å². The highest BCUT2D eigenvalue weighted by Gasteiger charge is 2.17. The molecule has 0 radical (unpaired) electrons. The van der Waals surface area contributed by atoms with Crippen LogP contribution in [0.5, 0.6) is 0 Å². The fourth-order valence-corrected chi connectivity index (χ4v) is 3.07. The molecule has 1 aromatic rings. The van der Waals surface area contributed by atoms with Crippen molar-refractivity contribution < 1.29 is 22.7 Å². The van der Waals surface area contributed by atoms with E-state index in [9.17, 15) is 13.2 Å². The highest BCUT2D eigenvalue weighted by molar-refractivity contribution is 7.90. The summed E-state index contributed by atoms with van der Waals surface area (Å²) in [7, 11) is -3.23. The predicted molar refractivity (Wildman–Crippen MR) is 58.0 cm³/mol. The number of aromatic carboxylic acids is 1. The van der Waals surface area contributed by atoms with E-state index in [0.29, 0.717) is 0 Å². The maximum absolute atomic E-state index is 11.6. The SMILES string of the molecule is CC(C)CS(=O)(=O)Cc1cc(C(=O)O)co1. The minimum Gasteiger partial charge on any atom is -0.478 e. The third-order valence-corrected chi connectivity index (χ3v) is 3.75. The van der Waals surface area contributed by atoms with E-state index in [4.69, 9.17) is 9.52 Å². The van der Waals surface area contributed by atoms with E-state index >= 15 is 0 Å². The molecule has 0 unspecified atom stereocenters. The molecule has 1 rings (SSSR count). The molecule has 0 saturated heterocycles. The lowest BCUT2D eigenvalue weighted by molar-refractivity contribution is 0.0696. The van der Waals surface area contributed by atoms with Gasteiger partial charge in [-0.2, -0.15) is 0 Å². The molecule has 5 nitrogen and oxygen atoms in total. The Bertz CT molecular complexity index is 469. The van der Waals surface area contributed by atoms with E-state index in [-0.39, 0.29) is 28.7 Å². The normalized spacial score (nSPS) is 11.9. The molecule has 0 saturated carbocycles. The molecule has 90 valence electrons. The van der Waals surface area contributed by atoms with Gasteiger partial charge in [-0.15, -0.1) is 0 Å². The minimum absolute atomic E-state index is 0.0326. The molecule has 1 N–H and O–H groups in total. The first kappa shape index (κ1) is 12.8. The van der Waals surface area contributed by atoms with Crippen molar-refractivity contribution in [3.05, 3.63) is 23.7 Å². The number of hydrogen-bond donors (Lipinski definition) is 1. The van der Waals surface area contributed by atoms with Crippen LogP contribution in [0.3, 0.4) is 0 Å². The fraction of sp³-hybridized carbons (Fsp3) is 0.500. The molecule has 16 heavy (non-hydrogen) atoms. The van der Waals surface area contributed by atoms with Gasteiger partial charge in [0.05, 0.1) is 11.3 Å². The second kappa shape index (κ2) is 4.69. The molecule has 0 bridgehead atoms. The van der Waals surface area contributed by atoms with Gasteiger partial charge in [-0.3, -0.25) is 0 Å². The minimum atomic E-state index is -3.23. The highest BCUT2D eigenvalue weighted by atomic mass is 32.2. The van der Waals surface area contributed by atoms with Crippen molar-refractivity contribution in [2.24, 2.45) is 5.92 Å². The zero-order valence-electron chi connectivity index (χ0n) is 9.13. The lowest BCUT2D eigenvalue weighted by atomic mass is 10.3. The van der Waals surface area contributed by atoms with Gasteiger partial charge in [-0.25, -0.2) is 13.2 Å². The lowest BCUT2D eigenvalue weighted by Crippen LogP contribution is -2.13. The smallest absolute Gasteiger partial charge is 0.338 e. The van der Waals surface area contributed by atoms with Gasteiger partial charge in [0.25, 0.3) is 0 Å². The quantitative estimate of drug-likeness (QED) is 0.852. The van der Waals surface area contributed by atoms with Crippen molar-refractivity contribution in [1.29, 1.82) is 0 Å². The van der Waals surface area contributed by atoms with E-state index in [1.165, 1.54) is 6.07 Å². The number of rotatable bonds is 5. The van der Waals surface area contributed by atoms with Gasteiger partial charge in [0.1, 0.15) is 17.8 Å². The van der Waals surface area contributed by atoms with E-state index in [1.54, 1.807) is 0 Å². The number of hydrogen-bond acceptors (Lipinski definition) is 4. The van der Waals surface area contributed by atoms with Gasteiger partial charge in [0, 0.05) is 0 Å². The summed E-state index contributed by atoms with van der Waals surface area (Å²) in [6, 6.07) is 1.24. The summed E-state index contributed by atoms with van der Waals surface area (Å²) in [5.41, 5.74) is -0.0326. The Balaban J connectivity index is 2.77. The van der Waals surface area contributed by atoms with Crippen LogP contribution in [0, 0.1) is 5.92 Å². The molecule has 0 aromatic carbocycles. The number of sulfone groups is 1. The average molecular weight is 246 g/mol. The van der Waals surface area contributed by atoms with Crippen LogP contribution in [0.15, 0.2) is 16.7 Å². The number of carboxylic acid groups (broad SMARTS) is 1. The Morgan fingerprint density at radius 3 is 2.56 bits per heavy atom. The van der Waals surface area contributed by atoms with Gasteiger partial charge in [0.15, 0.2) is 9.84 Å².